The Labute approximate surface area is 138 Å². The normalized spacial score (nSPS) is 17.1. The Kier molecular flexibility index (Phi) is 3.60. The molecule has 0 N–H and O–H groups in total. The molecular formula is C21H17F3. The van der Waals surface area contributed by atoms with Gasteiger partial charge in [0.2, 0.25) is 0 Å². The fourth-order valence-electron chi connectivity index (χ4n) is 3.74. The van der Waals surface area contributed by atoms with Gasteiger partial charge in [0.05, 0.1) is 0 Å². The molecule has 0 saturated carbocycles. The first-order chi connectivity index (χ1) is 11.5. The summed E-state index contributed by atoms with van der Waals surface area (Å²) >= 11 is 0. The Balaban J connectivity index is 1.71. The summed E-state index contributed by atoms with van der Waals surface area (Å²) in [7, 11) is 0. The number of hydrogen-bond acceptors (Lipinski definition) is 0. The minimum absolute atomic E-state index is 0.201. The fourth-order valence-corrected chi connectivity index (χ4v) is 3.74. The third-order valence-electron chi connectivity index (χ3n) is 5.06. The second-order valence-corrected chi connectivity index (χ2v) is 6.67. The van der Waals surface area contributed by atoms with Crippen LogP contribution in [0.5, 0.6) is 0 Å². The van der Waals surface area contributed by atoms with E-state index in [0.717, 1.165) is 12.5 Å². The van der Waals surface area contributed by atoms with Crippen molar-refractivity contribution in [2.45, 2.75) is 32.1 Å². The molecule has 1 atom stereocenters. The summed E-state index contributed by atoms with van der Waals surface area (Å²) in [5.41, 5.74) is 3.31. The highest BCUT2D eigenvalue weighted by Gasteiger charge is 2.26. The first-order valence-electron chi connectivity index (χ1n) is 8.18. The van der Waals surface area contributed by atoms with E-state index in [-0.39, 0.29) is 5.92 Å². The maximum Gasteiger partial charge on any atom is 0.194 e. The first kappa shape index (κ1) is 15.3. The highest BCUT2D eigenvalue weighted by Crippen LogP contribution is 2.36. The van der Waals surface area contributed by atoms with E-state index in [2.05, 4.69) is 43.3 Å². The third-order valence-corrected chi connectivity index (χ3v) is 5.06. The Morgan fingerprint density at radius 3 is 2.46 bits per heavy atom. The molecular weight excluding hydrogens is 309 g/mol. The number of rotatable bonds is 1. The summed E-state index contributed by atoms with van der Waals surface area (Å²) in [6.07, 6.45) is 1.72. The van der Waals surface area contributed by atoms with Gasteiger partial charge in [0, 0.05) is 0 Å². The van der Waals surface area contributed by atoms with Gasteiger partial charge in [-0.25, -0.2) is 13.2 Å². The lowest BCUT2D eigenvalue weighted by Gasteiger charge is -2.26. The lowest BCUT2D eigenvalue weighted by Crippen LogP contribution is -2.16. The van der Waals surface area contributed by atoms with Crippen molar-refractivity contribution in [3.05, 3.63) is 82.2 Å². The second kappa shape index (κ2) is 5.66. The molecule has 122 valence electrons. The Morgan fingerprint density at radius 2 is 1.62 bits per heavy atom. The molecule has 0 aliphatic heterocycles. The van der Waals surface area contributed by atoms with Gasteiger partial charge in [-0.1, -0.05) is 42.0 Å². The predicted octanol–water partition coefficient (Wildman–Crippen LogP) is 5.84. The monoisotopic (exact) mass is 326 g/mol. The largest absolute Gasteiger partial charge is 0.204 e. The molecule has 0 spiro atoms. The van der Waals surface area contributed by atoms with Crippen LogP contribution in [0, 0.1) is 24.4 Å². The van der Waals surface area contributed by atoms with Crippen LogP contribution in [0.4, 0.5) is 13.2 Å². The minimum Gasteiger partial charge on any atom is -0.204 e. The van der Waals surface area contributed by atoms with Crippen LogP contribution in [0.25, 0.3) is 10.8 Å². The molecule has 1 aliphatic carbocycles. The lowest BCUT2D eigenvalue weighted by atomic mass is 9.79. The quantitative estimate of drug-likeness (QED) is 0.493. The summed E-state index contributed by atoms with van der Waals surface area (Å²) < 4.78 is 40.8. The van der Waals surface area contributed by atoms with Crippen molar-refractivity contribution in [3.63, 3.8) is 0 Å². The maximum absolute atomic E-state index is 13.9. The molecule has 1 unspecified atom stereocenters. The zero-order valence-corrected chi connectivity index (χ0v) is 13.4. The van der Waals surface area contributed by atoms with Crippen molar-refractivity contribution in [3.8, 4) is 0 Å². The third kappa shape index (κ3) is 2.48. The zero-order valence-electron chi connectivity index (χ0n) is 13.4. The number of benzene rings is 3. The van der Waals surface area contributed by atoms with Gasteiger partial charge >= 0.3 is 0 Å². The van der Waals surface area contributed by atoms with Gasteiger partial charge in [-0.15, -0.1) is 0 Å². The Hall–Kier alpha value is -2.29. The standard InChI is InChI=1S/C21H17F3/c1-12-2-3-14-9-15(5-4-13(14)8-12)16-6-7-18-17(10-16)11-19(22)21(24)20(18)23/h2-5,8-9,11,16H,6-7,10H2,1H3. The maximum atomic E-state index is 13.9. The van der Waals surface area contributed by atoms with Crippen molar-refractivity contribution in [1.82, 2.24) is 0 Å². The number of fused-ring (bicyclic) bond motifs is 2. The van der Waals surface area contributed by atoms with E-state index in [0.29, 0.717) is 24.0 Å². The van der Waals surface area contributed by atoms with Crippen molar-refractivity contribution in [1.29, 1.82) is 0 Å². The van der Waals surface area contributed by atoms with Crippen molar-refractivity contribution < 1.29 is 13.2 Å². The van der Waals surface area contributed by atoms with Gasteiger partial charge in [-0.3, -0.25) is 0 Å². The minimum atomic E-state index is -1.35. The summed E-state index contributed by atoms with van der Waals surface area (Å²) in [4.78, 5) is 0. The predicted molar refractivity (Wildman–Crippen MR) is 89.8 cm³/mol. The highest BCUT2D eigenvalue weighted by atomic mass is 19.2. The summed E-state index contributed by atoms with van der Waals surface area (Å²) in [6, 6.07) is 13.8. The molecule has 0 bridgehead atoms. The summed E-state index contributed by atoms with van der Waals surface area (Å²) in [6.45, 7) is 2.06. The average Bonchev–Trinajstić information content (AvgIpc) is 2.59. The van der Waals surface area contributed by atoms with E-state index in [1.807, 2.05) is 0 Å². The van der Waals surface area contributed by atoms with Crippen LogP contribution in [-0.4, -0.2) is 0 Å². The van der Waals surface area contributed by atoms with Crippen LogP contribution in [0.15, 0.2) is 42.5 Å². The zero-order chi connectivity index (χ0) is 16.8. The van der Waals surface area contributed by atoms with Gasteiger partial charge in [0.1, 0.15) is 0 Å². The number of halogens is 3. The highest BCUT2D eigenvalue weighted by molar-refractivity contribution is 5.84. The molecule has 0 nitrogen and oxygen atoms in total. The average molecular weight is 326 g/mol. The molecule has 24 heavy (non-hydrogen) atoms. The van der Waals surface area contributed by atoms with E-state index in [1.54, 1.807) is 0 Å². The van der Waals surface area contributed by atoms with Gasteiger partial charge in [-0.05, 0) is 65.6 Å². The van der Waals surface area contributed by atoms with Crippen molar-refractivity contribution in [2.24, 2.45) is 0 Å². The first-order valence-corrected chi connectivity index (χ1v) is 8.18. The van der Waals surface area contributed by atoms with Crippen LogP contribution in [0.3, 0.4) is 0 Å². The Bertz CT molecular complexity index is 943. The van der Waals surface area contributed by atoms with Gasteiger partial charge in [0.15, 0.2) is 17.5 Å². The summed E-state index contributed by atoms with van der Waals surface area (Å²) in [5, 5.41) is 2.36. The van der Waals surface area contributed by atoms with Crippen molar-refractivity contribution >= 4 is 10.8 Å². The van der Waals surface area contributed by atoms with E-state index < -0.39 is 17.5 Å². The number of hydrogen-bond donors (Lipinski definition) is 0. The molecule has 0 saturated heterocycles. The molecule has 3 heteroatoms. The van der Waals surface area contributed by atoms with Crippen LogP contribution >= 0.6 is 0 Å². The van der Waals surface area contributed by atoms with Crippen LogP contribution in [-0.2, 0) is 12.8 Å². The second-order valence-electron chi connectivity index (χ2n) is 6.67. The molecule has 0 heterocycles. The molecule has 3 aromatic carbocycles. The molecule has 1 aliphatic rings. The summed E-state index contributed by atoms with van der Waals surface area (Å²) in [5.74, 6) is -3.26. The smallest absolute Gasteiger partial charge is 0.194 e. The van der Waals surface area contributed by atoms with E-state index in [4.69, 9.17) is 0 Å². The fraction of sp³-hybridized carbons (Fsp3) is 0.238. The van der Waals surface area contributed by atoms with Crippen LogP contribution in [0.2, 0.25) is 0 Å². The molecule has 0 amide bonds. The molecule has 3 aromatic rings. The SMILES string of the molecule is Cc1ccc2cc(C3CCc4c(cc(F)c(F)c4F)C3)ccc2c1. The lowest BCUT2D eigenvalue weighted by molar-refractivity contribution is 0.428. The van der Waals surface area contributed by atoms with E-state index in [9.17, 15) is 13.2 Å². The molecule has 0 aromatic heterocycles. The number of aryl methyl sites for hydroxylation is 1. The van der Waals surface area contributed by atoms with Gasteiger partial charge in [-0.2, -0.15) is 0 Å². The molecule has 0 radical (unpaired) electrons. The Morgan fingerprint density at radius 1 is 0.875 bits per heavy atom. The van der Waals surface area contributed by atoms with E-state index in [1.165, 1.54) is 21.9 Å². The molecule has 0 fully saturated rings. The van der Waals surface area contributed by atoms with Crippen LogP contribution in [0.1, 0.15) is 34.6 Å². The molecule has 4 rings (SSSR count). The van der Waals surface area contributed by atoms with Gasteiger partial charge in [0.25, 0.3) is 0 Å². The van der Waals surface area contributed by atoms with Gasteiger partial charge < -0.3 is 0 Å². The topological polar surface area (TPSA) is 0 Å². The van der Waals surface area contributed by atoms with Crippen LogP contribution < -0.4 is 0 Å². The van der Waals surface area contributed by atoms with Crippen molar-refractivity contribution in [2.75, 3.05) is 0 Å². The van der Waals surface area contributed by atoms with E-state index >= 15 is 0 Å².